The van der Waals surface area contributed by atoms with E-state index in [1.165, 1.54) is 18.2 Å². The van der Waals surface area contributed by atoms with E-state index >= 15 is 0 Å². The highest BCUT2D eigenvalue weighted by Crippen LogP contribution is 2.27. The van der Waals surface area contributed by atoms with Crippen LogP contribution in [0.5, 0.6) is 5.75 Å². The van der Waals surface area contributed by atoms with Gasteiger partial charge in [-0.1, -0.05) is 32.0 Å². The summed E-state index contributed by atoms with van der Waals surface area (Å²) in [6.45, 7) is 5.88. The summed E-state index contributed by atoms with van der Waals surface area (Å²) >= 11 is 0. The molecule has 32 heavy (non-hydrogen) atoms. The Bertz CT molecular complexity index is 1160. The van der Waals surface area contributed by atoms with Gasteiger partial charge in [-0.05, 0) is 23.8 Å². The molecule has 0 unspecified atom stereocenters. The summed E-state index contributed by atoms with van der Waals surface area (Å²) in [5.41, 5.74) is 3.51. The molecule has 0 amide bonds. The zero-order valence-corrected chi connectivity index (χ0v) is 17.7. The highest BCUT2D eigenvalue weighted by Gasteiger charge is 2.31. The second kappa shape index (κ2) is 8.74. The summed E-state index contributed by atoms with van der Waals surface area (Å²) in [6.07, 6.45) is -2.33. The standard InChI is InChI=1S/C23H23F3N4O2/c1-14(2)21-28-20-8-9-30(13-18(20)22(31)29-21)12-15-6-7-19(27-11-15)16-4-3-5-17(10-16)32-23(24,25)26/h3-7,10-11,14H,8-9,12-13H2,1-2H3,(H,28,29,31). The molecular formula is C23H23F3N4O2. The Morgan fingerprint density at radius 3 is 2.72 bits per heavy atom. The van der Waals surface area contributed by atoms with Gasteiger partial charge in [0.2, 0.25) is 0 Å². The molecule has 0 fully saturated rings. The molecule has 3 heterocycles. The van der Waals surface area contributed by atoms with Gasteiger partial charge in [-0.2, -0.15) is 0 Å². The second-order valence-electron chi connectivity index (χ2n) is 8.12. The maximum absolute atomic E-state index is 12.5. The van der Waals surface area contributed by atoms with Gasteiger partial charge in [0.15, 0.2) is 0 Å². The van der Waals surface area contributed by atoms with Gasteiger partial charge < -0.3 is 9.72 Å². The molecule has 1 aromatic carbocycles. The lowest BCUT2D eigenvalue weighted by atomic mass is 10.0. The summed E-state index contributed by atoms with van der Waals surface area (Å²) in [6, 6.07) is 9.38. The molecule has 1 N–H and O–H groups in total. The van der Waals surface area contributed by atoms with Crippen molar-refractivity contribution >= 4 is 0 Å². The molecule has 6 nitrogen and oxygen atoms in total. The smallest absolute Gasteiger partial charge is 0.406 e. The Labute approximate surface area is 183 Å². The van der Waals surface area contributed by atoms with Crippen molar-refractivity contribution in [3.8, 4) is 17.0 Å². The van der Waals surface area contributed by atoms with Crippen molar-refractivity contribution in [2.24, 2.45) is 0 Å². The monoisotopic (exact) mass is 444 g/mol. The maximum Gasteiger partial charge on any atom is 0.573 e. The van der Waals surface area contributed by atoms with Gasteiger partial charge in [0, 0.05) is 43.7 Å². The number of nitrogens with zero attached hydrogens (tertiary/aromatic N) is 3. The van der Waals surface area contributed by atoms with Gasteiger partial charge in [-0.3, -0.25) is 14.7 Å². The first-order valence-electron chi connectivity index (χ1n) is 10.3. The number of aromatic nitrogens is 3. The zero-order valence-electron chi connectivity index (χ0n) is 17.7. The van der Waals surface area contributed by atoms with E-state index < -0.39 is 6.36 Å². The number of halogens is 3. The fourth-order valence-corrected chi connectivity index (χ4v) is 3.71. The lowest BCUT2D eigenvalue weighted by Gasteiger charge is -2.28. The minimum atomic E-state index is -4.74. The van der Waals surface area contributed by atoms with Crippen LogP contribution in [-0.4, -0.2) is 32.8 Å². The number of benzene rings is 1. The van der Waals surface area contributed by atoms with Crippen molar-refractivity contribution < 1.29 is 17.9 Å². The average Bonchev–Trinajstić information content (AvgIpc) is 2.73. The van der Waals surface area contributed by atoms with E-state index in [4.69, 9.17) is 0 Å². The van der Waals surface area contributed by atoms with E-state index in [0.29, 0.717) is 42.2 Å². The first-order valence-corrected chi connectivity index (χ1v) is 10.3. The fraction of sp³-hybridized carbons (Fsp3) is 0.348. The fourth-order valence-electron chi connectivity index (χ4n) is 3.71. The third-order valence-corrected chi connectivity index (χ3v) is 5.31. The summed E-state index contributed by atoms with van der Waals surface area (Å²) in [4.78, 5) is 26.5. The topological polar surface area (TPSA) is 71.1 Å². The normalized spacial score (nSPS) is 14.4. The van der Waals surface area contributed by atoms with Crippen LogP contribution in [0, 0.1) is 0 Å². The summed E-state index contributed by atoms with van der Waals surface area (Å²) in [7, 11) is 0. The number of hydrogen-bond donors (Lipinski definition) is 1. The number of H-pyrrole nitrogens is 1. The quantitative estimate of drug-likeness (QED) is 0.631. The van der Waals surface area contributed by atoms with Crippen molar-refractivity contribution in [1.82, 2.24) is 19.9 Å². The largest absolute Gasteiger partial charge is 0.573 e. The van der Waals surface area contributed by atoms with Crippen LogP contribution >= 0.6 is 0 Å². The number of hydrogen-bond acceptors (Lipinski definition) is 5. The molecule has 9 heteroatoms. The molecule has 168 valence electrons. The minimum absolute atomic E-state index is 0.0853. The third-order valence-electron chi connectivity index (χ3n) is 5.31. The van der Waals surface area contributed by atoms with Crippen LogP contribution in [0.3, 0.4) is 0 Å². The highest BCUT2D eigenvalue weighted by molar-refractivity contribution is 5.61. The number of aromatic amines is 1. The lowest BCUT2D eigenvalue weighted by molar-refractivity contribution is -0.274. The SMILES string of the molecule is CC(C)c1nc2c(c(=O)[nH]1)CN(Cc1ccc(-c3cccc(OC(F)(F)F)c3)nc1)CC2. The van der Waals surface area contributed by atoms with Crippen molar-refractivity contribution in [2.45, 2.75) is 45.6 Å². The van der Waals surface area contributed by atoms with Crippen molar-refractivity contribution in [3.63, 3.8) is 0 Å². The molecule has 0 atom stereocenters. The number of pyridine rings is 1. The molecule has 0 saturated heterocycles. The van der Waals surface area contributed by atoms with Crippen LogP contribution in [0.4, 0.5) is 13.2 Å². The molecule has 4 rings (SSSR count). The minimum Gasteiger partial charge on any atom is -0.406 e. The molecular weight excluding hydrogens is 421 g/mol. The van der Waals surface area contributed by atoms with Crippen LogP contribution in [-0.2, 0) is 19.5 Å². The molecule has 1 aliphatic heterocycles. The number of rotatable bonds is 5. The molecule has 3 aromatic rings. The summed E-state index contributed by atoms with van der Waals surface area (Å²) < 4.78 is 41.3. The molecule has 0 bridgehead atoms. The van der Waals surface area contributed by atoms with Crippen molar-refractivity contribution in [2.75, 3.05) is 6.54 Å². The van der Waals surface area contributed by atoms with E-state index in [1.54, 1.807) is 18.3 Å². The van der Waals surface area contributed by atoms with E-state index in [0.717, 1.165) is 17.8 Å². The van der Waals surface area contributed by atoms with E-state index in [2.05, 4.69) is 24.6 Å². The van der Waals surface area contributed by atoms with Crippen LogP contribution in [0.1, 0.15) is 42.4 Å². The van der Waals surface area contributed by atoms with E-state index in [-0.39, 0.29) is 17.2 Å². The highest BCUT2D eigenvalue weighted by atomic mass is 19.4. The first-order chi connectivity index (χ1) is 15.2. The second-order valence-corrected chi connectivity index (χ2v) is 8.12. The van der Waals surface area contributed by atoms with Gasteiger partial charge in [0.05, 0.1) is 17.0 Å². The molecule has 0 spiro atoms. The predicted octanol–water partition coefficient (Wildman–Crippen LogP) is 4.41. The number of fused-ring (bicyclic) bond motifs is 1. The summed E-state index contributed by atoms with van der Waals surface area (Å²) in [5.74, 6) is 0.593. The lowest BCUT2D eigenvalue weighted by Crippen LogP contribution is -2.36. The number of nitrogens with one attached hydrogen (secondary N) is 1. The summed E-state index contributed by atoms with van der Waals surface area (Å²) in [5, 5.41) is 0. The molecule has 0 aliphatic carbocycles. The first kappa shape index (κ1) is 22.0. The molecule has 1 aliphatic rings. The number of ether oxygens (including phenoxy) is 1. The van der Waals surface area contributed by atoms with Crippen LogP contribution in [0.15, 0.2) is 47.4 Å². The Balaban J connectivity index is 1.45. The number of alkyl halides is 3. The van der Waals surface area contributed by atoms with Crippen molar-refractivity contribution in [3.05, 3.63) is 75.6 Å². The third kappa shape index (κ3) is 5.16. The van der Waals surface area contributed by atoms with E-state index in [9.17, 15) is 18.0 Å². The zero-order chi connectivity index (χ0) is 22.9. The van der Waals surface area contributed by atoms with Crippen LogP contribution in [0.25, 0.3) is 11.3 Å². The predicted molar refractivity (Wildman–Crippen MR) is 113 cm³/mol. The average molecular weight is 444 g/mol. The van der Waals surface area contributed by atoms with Crippen LogP contribution in [0.2, 0.25) is 0 Å². The van der Waals surface area contributed by atoms with Gasteiger partial charge in [0.1, 0.15) is 11.6 Å². The molecule has 0 saturated carbocycles. The molecule has 0 radical (unpaired) electrons. The van der Waals surface area contributed by atoms with Crippen molar-refractivity contribution in [1.29, 1.82) is 0 Å². The van der Waals surface area contributed by atoms with Gasteiger partial charge in [0.25, 0.3) is 5.56 Å². The van der Waals surface area contributed by atoms with E-state index in [1.807, 2.05) is 19.9 Å². The van der Waals surface area contributed by atoms with Gasteiger partial charge >= 0.3 is 6.36 Å². The maximum atomic E-state index is 12.5. The van der Waals surface area contributed by atoms with Gasteiger partial charge in [-0.25, -0.2) is 4.98 Å². The van der Waals surface area contributed by atoms with Gasteiger partial charge in [-0.15, -0.1) is 13.2 Å². The molecule has 2 aromatic heterocycles. The Morgan fingerprint density at radius 1 is 1.22 bits per heavy atom. The van der Waals surface area contributed by atoms with Crippen LogP contribution < -0.4 is 10.3 Å². The Hall–Kier alpha value is -3.20. The Kier molecular flexibility index (Phi) is 6.01. The Morgan fingerprint density at radius 2 is 2.03 bits per heavy atom.